The fourth-order valence-corrected chi connectivity index (χ4v) is 0.156. The van der Waals surface area contributed by atoms with Gasteiger partial charge in [0.05, 0.1) is 11.7 Å². The molecule has 1 aliphatic heterocycles. The third-order valence-corrected chi connectivity index (χ3v) is 0.324. The topological polar surface area (TPSA) is 24.7 Å². The van der Waals surface area contributed by atoms with Crippen LogP contribution in [-0.4, -0.2) is 11.7 Å². The summed E-state index contributed by atoms with van der Waals surface area (Å²) in [5.41, 5.74) is 4.83. The summed E-state index contributed by atoms with van der Waals surface area (Å²) in [6, 6.07) is 0. The van der Waals surface area contributed by atoms with Crippen molar-refractivity contribution in [1.29, 1.82) is 0 Å². The van der Waals surface area contributed by atoms with Crippen LogP contribution >= 0.6 is 0 Å². The normalized spacial score (nSPS) is 10.7. The first-order valence-electron chi connectivity index (χ1n) is 1.40. The lowest BCUT2D eigenvalue weighted by atomic mass is 10.8. The zero-order valence-corrected chi connectivity index (χ0v) is 2.89. The van der Waals surface area contributed by atoms with E-state index in [1.807, 2.05) is 0 Å². The Balaban J connectivity index is 3.62. The van der Waals surface area contributed by atoms with E-state index in [4.69, 9.17) is 0 Å². The maximum Gasteiger partial charge on any atom is 0.0728 e. The first-order chi connectivity index (χ1) is 3.00. The summed E-state index contributed by atoms with van der Waals surface area (Å²) in [4.78, 5) is 0. The van der Waals surface area contributed by atoms with Gasteiger partial charge in [-0.1, -0.05) is 10.2 Å². The molecule has 6 heavy (non-hydrogen) atoms. The second-order valence-electron chi connectivity index (χ2n) is 0.674. The fourth-order valence-electron chi connectivity index (χ4n) is 0.156. The quantitative estimate of drug-likeness (QED) is 0.366. The van der Waals surface area contributed by atoms with Gasteiger partial charge in [-0.05, 0) is 0 Å². The Labute approximate surface area is 34.5 Å². The number of hydrogen-bond donors (Lipinski definition) is 0. The Morgan fingerprint density at radius 3 is 1.50 bits per heavy atom. The Kier molecular flexibility index (Phi) is 0.604. The lowest BCUT2D eigenvalue weighted by Crippen LogP contribution is -1.51. The van der Waals surface area contributed by atoms with Crippen molar-refractivity contribution >= 4 is 11.7 Å². The second-order valence-corrected chi connectivity index (χ2v) is 0.674. The standard InChI is InChI=1S/C4N2/c1-2-4-6-5-3-1. The Morgan fingerprint density at radius 1 is 0.833 bits per heavy atom. The zero-order chi connectivity index (χ0) is 4.24. The van der Waals surface area contributed by atoms with Crippen molar-refractivity contribution in [1.82, 2.24) is 0 Å². The van der Waals surface area contributed by atoms with Crippen molar-refractivity contribution in [3.63, 3.8) is 0 Å². The van der Waals surface area contributed by atoms with Gasteiger partial charge in [0.2, 0.25) is 0 Å². The minimum atomic E-state index is 2.32. The molecule has 0 unspecified atom stereocenters. The highest BCUT2D eigenvalue weighted by Gasteiger charge is 1.52. The summed E-state index contributed by atoms with van der Waals surface area (Å²) in [7, 11) is 0. The zero-order valence-electron chi connectivity index (χ0n) is 2.89. The molecule has 0 spiro atoms. The molecule has 0 amide bonds. The van der Waals surface area contributed by atoms with Crippen LogP contribution in [0.25, 0.3) is 0 Å². The molecule has 0 aliphatic carbocycles. The second kappa shape index (κ2) is 1.24. The fraction of sp³-hybridized carbons (Fsp3) is 0. The van der Waals surface area contributed by atoms with Crippen LogP contribution in [0.1, 0.15) is 0 Å². The summed E-state index contributed by atoms with van der Waals surface area (Å²) in [5.74, 6) is 4.64. The number of hydrogen-bond acceptors (Lipinski definition) is 2. The van der Waals surface area contributed by atoms with Crippen molar-refractivity contribution in [2.24, 2.45) is 10.2 Å². The first-order valence-corrected chi connectivity index (χ1v) is 1.40. The Bertz CT molecular complexity index is 178. The Morgan fingerprint density at radius 2 is 1.33 bits per heavy atom. The largest absolute Gasteiger partial charge is 0.0867 e. The third kappa shape index (κ3) is 0.361. The van der Waals surface area contributed by atoms with Gasteiger partial charge in [-0.3, -0.25) is 0 Å². The molecule has 2 nitrogen and oxygen atoms in total. The summed E-state index contributed by atoms with van der Waals surface area (Å²) >= 11 is 0. The molecule has 1 heterocycles. The smallest absolute Gasteiger partial charge is 0.0728 e. The van der Waals surface area contributed by atoms with Gasteiger partial charge < -0.3 is 0 Å². The van der Waals surface area contributed by atoms with Gasteiger partial charge in [-0.15, -0.1) is 0 Å². The molecule has 26 valence electrons. The molecule has 1 aliphatic rings. The van der Waals surface area contributed by atoms with Crippen molar-refractivity contribution in [3.8, 4) is 0 Å². The summed E-state index contributed by atoms with van der Waals surface area (Å²) in [6.45, 7) is 0. The van der Waals surface area contributed by atoms with Gasteiger partial charge in [-0.2, -0.15) is 0 Å². The lowest BCUT2D eigenvalue weighted by molar-refractivity contribution is 1.28. The van der Waals surface area contributed by atoms with E-state index in [2.05, 4.69) is 33.4 Å². The highest BCUT2D eigenvalue weighted by molar-refractivity contribution is 5.60. The van der Waals surface area contributed by atoms with Crippen LogP contribution in [0.3, 0.4) is 0 Å². The van der Waals surface area contributed by atoms with E-state index in [0.717, 1.165) is 0 Å². The van der Waals surface area contributed by atoms with Gasteiger partial charge >= 0.3 is 0 Å². The van der Waals surface area contributed by atoms with Crippen molar-refractivity contribution < 1.29 is 0 Å². The predicted octanol–water partition coefficient (Wildman–Crippen LogP) is 0.121. The molecule has 1 rings (SSSR count). The van der Waals surface area contributed by atoms with Crippen LogP contribution in [0, 0.1) is 0 Å². The van der Waals surface area contributed by atoms with Crippen LogP contribution in [0.15, 0.2) is 21.7 Å². The van der Waals surface area contributed by atoms with E-state index in [1.165, 1.54) is 0 Å². The molecular weight excluding hydrogens is 76.1 g/mol. The molecule has 0 N–H and O–H groups in total. The van der Waals surface area contributed by atoms with Gasteiger partial charge in [0.15, 0.2) is 0 Å². The van der Waals surface area contributed by atoms with Gasteiger partial charge in [0.1, 0.15) is 0 Å². The number of rotatable bonds is 0. The van der Waals surface area contributed by atoms with Crippen LogP contribution in [-0.2, 0) is 0 Å². The van der Waals surface area contributed by atoms with Crippen molar-refractivity contribution in [3.05, 3.63) is 11.5 Å². The van der Waals surface area contributed by atoms with E-state index in [1.54, 1.807) is 0 Å². The first kappa shape index (κ1) is 2.93. The molecular formula is C4N2. The molecule has 0 aromatic heterocycles. The highest BCUT2D eigenvalue weighted by Crippen LogP contribution is 1.60. The maximum atomic E-state index is 3.27. The average molecular weight is 76.1 g/mol. The van der Waals surface area contributed by atoms with E-state index in [9.17, 15) is 0 Å². The molecule has 2 heteroatoms. The van der Waals surface area contributed by atoms with Crippen LogP contribution in [0.5, 0.6) is 0 Å². The lowest BCUT2D eigenvalue weighted by Gasteiger charge is -1.56. The molecule has 0 aromatic rings. The highest BCUT2D eigenvalue weighted by atomic mass is 15.2. The van der Waals surface area contributed by atoms with Gasteiger partial charge in [-0.25, -0.2) is 0 Å². The SMILES string of the molecule is C1=C=C=NN=C=1. The van der Waals surface area contributed by atoms with Crippen LogP contribution < -0.4 is 0 Å². The van der Waals surface area contributed by atoms with Crippen molar-refractivity contribution in [2.45, 2.75) is 0 Å². The summed E-state index contributed by atoms with van der Waals surface area (Å²) < 4.78 is 0. The molecule has 0 saturated carbocycles. The number of nitrogens with zero attached hydrogens (tertiary/aromatic N) is 2. The molecule has 0 bridgehead atoms. The van der Waals surface area contributed by atoms with Gasteiger partial charge in [0.25, 0.3) is 0 Å². The van der Waals surface area contributed by atoms with Gasteiger partial charge in [0, 0.05) is 11.5 Å². The van der Waals surface area contributed by atoms with Crippen LogP contribution in [0.4, 0.5) is 0 Å². The molecule has 0 atom stereocenters. The summed E-state index contributed by atoms with van der Waals surface area (Å²) in [5, 5.41) is 6.53. The van der Waals surface area contributed by atoms with Crippen LogP contribution in [0.2, 0.25) is 0 Å². The Hall–Kier alpha value is -1.28. The van der Waals surface area contributed by atoms with E-state index in [0.29, 0.717) is 0 Å². The summed E-state index contributed by atoms with van der Waals surface area (Å²) in [6.07, 6.45) is 0. The monoisotopic (exact) mass is 76.0 g/mol. The van der Waals surface area contributed by atoms with Crippen molar-refractivity contribution in [2.75, 3.05) is 0 Å². The minimum absolute atomic E-state index is 2.32. The maximum absolute atomic E-state index is 3.27. The predicted molar refractivity (Wildman–Crippen MR) is 21.9 cm³/mol. The van der Waals surface area contributed by atoms with E-state index < -0.39 is 0 Å². The van der Waals surface area contributed by atoms with E-state index >= 15 is 0 Å². The molecule has 0 aromatic carbocycles. The van der Waals surface area contributed by atoms with E-state index in [-0.39, 0.29) is 0 Å². The average Bonchev–Trinajstić information content (AvgIpc) is 1.72. The molecule has 0 saturated heterocycles. The molecule has 0 radical (unpaired) electrons. The third-order valence-electron chi connectivity index (χ3n) is 0.324. The minimum Gasteiger partial charge on any atom is -0.0867 e. The molecule has 0 fully saturated rings.